The van der Waals surface area contributed by atoms with E-state index in [4.69, 9.17) is 19.9 Å². The van der Waals surface area contributed by atoms with Crippen LogP contribution in [-0.2, 0) is 6.54 Å². The van der Waals surface area contributed by atoms with E-state index >= 15 is 0 Å². The molecule has 21 heavy (non-hydrogen) atoms. The molecule has 0 aromatic heterocycles. The maximum Gasteiger partial charge on any atom is 0.231 e. The smallest absolute Gasteiger partial charge is 0.231 e. The summed E-state index contributed by atoms with van der Waals surface area (Å²) >= 11 is 0. The van der Waals surface area contributed by atoms with Gasteiger partial charge in [0.25, 0.3) is 0 Å². The number of nitrogen functional groups attached to an aromatic ring is 1. The fourth-order valence-corrected chi connectivity index (χ4v) is 2.23. The third-order valence-corrected chi connectivity index (χ3v) is 3.29. The Morgan fingerprint density at radius 3 is 2.90 bits per heavy atom. The van der Waals surface area contributed by atoms with Crippen LogP contribution in [0, 0.1) is 0 Å². The summed E-state index contributed by atoms with van der Waals surface area (Å²) in [4.78, 5) is 0. The number of nitrogens with one attached hydrogen (secondary N) is 1. The molecule has 2 aromatic carbocycles. The Bertz CT molecular complexity index is 643. The van der Waals surface area contributed by atoms with Crippen molar-refractivity contribution >= 4 is 11.4 Å². The minimum absolute atomic E-state index is 0.287. The Hall–Kier alpha value is -2.56. The number of anilines is 2. The lowest BCUT2D eigenvalue weighted by Gasteiger charge is -2.13. The zero-order valence-electron chi connectivity index (χ0n) is 11.9. The molecular weight excluding hydrogens is 268 g/mol. The summed E-state index contributed by atoms with van der Waals surface area (Å²) in [6, 6.07) is 11.6. The van der Waals surface area contributed by atoms with Crippen LogP contribution in [0.5, 0.6) is 17.2 Å². The van der Waals surface area contributed by atoms with E-state index in [-0.39, 0.29) is 6.79 Å². The van der Waals surface area contributed by atoms with Crippen LogP contribution in [-0.4, -0.2) is 13.4 Å². The lowest BCUT2D eigenvalue weighted by Crippen LogP contribution is -2.04. The molecule has 0 fully saturated rings. The highest BCUT2D eigenvalue weighted by atomic mass is 16.7. The first-order valence-corrected chi connectivity index (χ1v) is 6.91. The topological polar surface area (TPSA) is 65.7 Å². The normalized spacial score (nSPS) is 12.2. The molecule has 0 atom stereocenters. The van der Waals surface area contributed by atoms with Gasteiger partial charge in [-0.2, -0.15) is 0 Å². The number of para-hydroxylation sites is 1. The summed E-state index contributed by atoms with van der Waals surface area (Å²) in [7, 11) is 0. The van der Waals surface area contributed by atoms with Crippen molar-refractivity contribution in [3.8, 4) is 17.2 Å². The number of nitrogens with two attached hydrogens (primary N) is 1. The number of rotatable bonds is 5. The van der Waals surface area contributed by atoms with Crippen molar-refractivity contribution in [2.45, 2.75) is 13.5 Å². The van der Waals surface area contributed by atoms with Gasteiger partial charge in [-0.05, 0) is 36.8 Å². The Labute approximate surface area is 123 Å². The van der Waals surface area contributed by atoms with Crippen LogP contribution in [0.25, 0.3) is 0 Å². The van der Waals surface area contributed by atoms with E-state index in [0.717, 1.165) is 22.7 Å². The average molecular weight is 286 g/mol. The first kappa shape index (κ1) is 13.4. The van der Waals surface area contributed by atoms with Gasteiger partial charge in [-0.1, -0.05) is 12.1 Å². The molecule has 0 saturated heterocycles. The third-order valence-electron chi connectivity index (χ3n) is 3.29. The van der Waals surface area contributed by atoms with Gasteiger partial charge in [0, 0.05) is 6.54 Å². The van der Waals surface area contributed by atoms with Crippen LogP contribution >= 0.6 is 0 Å². The largest absolute Gasteiger partial charge is 0.492 e. The first-order chi connectivity index (χ1) is 10.3. The SMILES string of the molecule is CCOc1cccc(NCc2ccc3c(c2)OCO3)c1N. The van der Waals surface area contributed by atoms with Crippen molar-refractivity contribution in [2.75, 3.05) is 24.5 Å². The molecule has 5 nitrogen and oxygen atoms in total. The Morgan fingerprint density at radius 1 is 1.19 bits per heavy atom. The Morgan fingerprint density at radius 2 is 2.05 bits per heavy atom. The zero-order chi connectivity index (χ0) is 14.7. The zero-order valence-corrected chi connectivity index (χ0v) is 11.9. The van der Waals surface area contributed by atoms with Crippen molar-refractivity contribution in [1.82, 2.24) is 0 Å². The summed E-state index contributed by atoms with van der Waals surface area (Å²) in [5.41, 5.74) is 8.67. The number of hydrogen-bond donors (Lipinski definition) is 2. The number of benzene rings is 2. The third kappa shape index (κ3) is 2.81. The molecular formula is C16H18N2O3. The summed E-state index contributed by atoms with van der Waals surface area (Å²) in [6.45, 7) is 3.47. The highest BCUT2D eigenvalue weighted by Gasteiger charge is 2.13. The standard InChI is InChI=1S/C16H18N2O3/c1-2-19-14-5-3-4-12(16(14)17)18-9-11-6-7-13-15(8-11)21-10-20-13/h3-8,18H,2,9-10,17H2,1H3. The van der Waals surface area contributed by atoms with Crippen LogP contribution < -0.4 is 25.3 Å². The minimum Gasteiger partial charge on any atom is -0.492 e. The van der Waals surface area contributed by atoms with Crippen LogP contribution in [0.3, 0.4) is 0 Å². The fraction of sp³-hybridized carbons (Fsp3) is 0.250. The molecule has 5 heteroatoms. The second-order valence-electron chi connectivity index (χ2n) is 4.69. The van der Waals surface area contributed by atoms with E-state index in [1.807, 2.05) is 43.3 Å². The second-order valence-corrected chi connectivity index (χ2v) is 4.69. The molecule has 0 aliphatic carbocycles. The minimum atomic E-state index is 0.287. The van der Waals surface area contributed by atoms with Gasteiger partial charge in [0.2, 0.25) is 6.79 Å². The number of hydrogen-bond acceptors (Lipinski definition) is 5. The van der Waals surface area contributed by atoms with Crippen LogP contribution in [0.15, 0.2) is 36.4 Å². The molecule has 1 aliphatic heterocycles. The first-order valence-electron chi connectivity index (χ1n) is 6.91. The van der Waals surface area contributed by atoms with Crippen LogP contribution in [0.4, 0.5) is 11.4 Å². The van der Waals surface area contributed by atoms with E-state index in [2.05, 4.69) is 5.32 Å². The summed E-state index contributed by atoms with van der Waals surface area (Å²) in [6.07, 6.45) is 0. The summed E-state index contributed by atoms with van der Waals surface area (Å²) in [5.74, 6) is 2.27. The molecule has 3 N–H and O–H groups in total. The van der Waals surface area contributed by atoms with Gasteiger partial charge in [-0.25, -0.2) is 0 Å². The number of ether oxygens (including phenoxy) is 3. The molecule has 110 valence electrons. The maximum absolute atomic E-state index is 6.09. The van der Waals surface area contributed by atoms with E-state index in [9.17, 15) is 0 Å². The predicted molar refractivity (Wildman–Crippen MR) is 81.9 cm³/mol. The maximum atomic E-state index is 6.09. The molecule has 1 aliphatic rings. The molecule has 1 heterocycles. The van der Waals surface area contributed by atoms with Gasteiger partial charge < -0.3 is 25.3 Å². The van der Waals surface area contributed by atoms with Gasteiger partial charge in [-0.15, -0.1) is 0 Å². The van der Waals surface area contributed by atoms with Gasteiger partial charge in [0.05, 0.1) is 18.0 Å². The quantitative estimate of drug-likeness (QED) is 0.827. The average Bonchev–Trinajstić information content (AvgIpc) is 2.96. The molecule has 0 amide bonds. The van der Waals surface area contributed by atoms with Crippen LogP contribution in [0.1, 0.15) is 12.5 Å². The van der Waals surface area contributed by atoms with Crippen molar-refractivity contribution in [1.29, 1.82) is 0 Å². The molecule has 0 bridgehead atoms. The van der Waals surface area contributed by atoms with Crippen molar-refractivity contribution in [3.63, 3.8) is 0 Å². The molecule has 2 aromatic rings. The van der Waals surface area contributed by atoms with Gasteiger partial charge in [0.1, 0.15) is 5.75 Å². The van der Waals surface area contributed by atoms with E-state index in [1.54, 1.807) is 0 Å². The predicted octanol–water partition coefficient (Wildman–Crippen LogP) is 3.01. The van der Waals surface area contributed by atoms with Gasteiger partial charge >= 0.3 is 0 Å². The lowest BCUT2D eigenvalue weighted by atomic mass is 10.2. The Kier molecular flexibility index (Phi) is 3.73. The molecule has 0 saturated carbocycles. The lowest BCUT2D eigenvalue weighted by molar-refractivity contribution is 0.174. The molecule has 3 rings (SSSR count). The highest BCUT2D eigenvalue weighted by Crippen LogP contribution is 2.33. The number of fused-ring (bicyclic) bond motifs is 1. The van der Waals surface area contributed by atoms with E-state index in [1.165, 1.54) is 0 Å². The summed E-state index contributed by atoms with van der Waals surface area (Å²) < 4.78 is 16.2. The fourth-order valence-electron chi connectivity index (χ4n) is 2.23. The Balaban J connectivity index is 1.71. The molecule has 0 spiro atoms. The monoisotopic (exact) mass is 286 g/mol. The van der Waals surface area contributed by atoms with Crippen molar-refractivity contribution in [3.05, 3.63) is 42.0 Å². The van der Waals surface area contributed by atoms with Crippen molar-refractivity contribution in [2.24, 2.45) is 0 Å². The van der Waals surface area contributed by atoms with Crippen LogP contribution in [0.2, 0.25) is 0 Å². The molecule has 0 radical (unpaired) electrons. The van der Waals surface area contributed by atoms with E-state index < -0.39 is 0 Å². The second kappa shape index (κ2) is 5.83. The molecule has 0 unspecified atom stereocenters. The van der Waals surface area contributed by atoms with Gasteiger partial charge in [-0.3, -0.25) is 0 Å². The summed E-state index contributed by atoms with van der Waals surface area (Å²) in [5, 5.41) is 3.32. The van der Waals surface area contributed by atoms with Crippen molar-refractivity contribution < 1.29 is 14.2 Å². The van der Waals surface area contributed by atoms with E-state index in [0.29, 0.717) is 24.6 Å². The highest BCUT2D eigenvalue weighted by molar-refractivity contribution is 5.73. The van der Waals surface area contributed by atoms with Gasteiger partial charge in [0.15, 0.2) is 11.5 Å².